The fraction of sp³-hybridized carbons (Fsp3) is 0.333. The van der Waals surface area contributed by atoms with Crippen LogP contribution in [0.3, 0.4) is 0 Å². The molecule has 2 heterocycles. The van der Waals surface area contributed by atoms with Crippen molar-refractivity contribution in [3.63, 3.8) is 0 Å². The molecule has 0 aliphatic carbocycles. The third kappa shape index (κ3) is 15.2. The van der Waals surface area contributed by atoms with Crippen molar-refractivity contribution in [1.29, 1.82) is 0 Å². The first-order chi connectivity index (χ1) is 25.1. The minimum Gasteiger partial charge on any atom is -0.271 e. The van der Waals surface area contributed by atoms with Gasteiger partial charge in [-0.15, -0.1) is 0 Å². The van der Waals surface area contributed by atoms with E-state index in [-0.39, 0.29) is 57.0 Å². The van der Waals surface area contributed by atoms with Gasteiger partial charge in [-0.3, -0.25) is 23.7 Å². The molecule has 0 aliphatic rings. The fourth-order valence-electron chi connectivity index (χ4n) is 4.69. The molecule has 0 atom stereocenters. The van der Waals surface area contributed by atoms with Crippen LogP contribution in [0, 0.1) is 41.5 Å². The third-order valence-electron chi connectivity index (χ3n) is 7.90. The number of halogens is 8. The summed E-state index contributed by atoms with van der Waals surface area (Å²) in [6, 6.07) is 5.16. The number of benzene rings is 2. The van der Waals surface area contributed by atoms with Crippen LogP contribution in [0.2, 0.25) is 10.0 Å². The standard InChI is InChI=1S/C15H16Cl2N2O3S.C15H17ClN2O4S.C2Cl2O2.CH4.I3/c1-8-9(2)18-19(10(8)3)7-12-13(23(4,21)22)6-5-11(14(12)16)15(17)20;1-8-9(2)17-18(10(8)3)7-12-13(23(4,21)22)6-5-11(14(12)16)15(19)20;3-1(5)2(4)6;;1-3-2/h5-6H,7H2,1-4H3;5-6H,7H2,1-4H3,(H,19,20);;1H4;/q;;;;-1. The molecule has 4 rings (SSSR count). The first-order valence-electron chi connectivity index (χ1n) is 14.9. The number of sulfone groups is 2. The molecule has 0 amide bonds. The van der Waals surface area contributed by atoms with Crippen LogP contribution in [0.25, 0.3) is 0 Å². The maximum Gasteiger partial charge on any atom is 0.304 e. The van der Waals surface area contributed by atoms with E-state index in [1.807, 2.05) is 41.5 Å². The SMILES string of the molecule is C.Cc1nn(Cc2c(S(C)(=O)=O)ccc(C(=O)Cl)c2Cl)c(C)c1C.Cc1nn(Cc2c(S(C)(=O)=O)ccc(C(=O)O)c2Cl)c(C)c1C.I[I-]I.O=C(Cl)C(=O)Cl. The summed E-state index contributed by atoms with van der Waals surface area (Å²) in [5.41, 5.74) is 5.97. The molecule has 4 aromatic rings. The van der Waals surface area contributed by atoms with Gasteiger partial charge in [-0.05, 0) is 112 Å². The molecule has 0 spiro atoms. The number of carbonyl (C=O) groups is 4. The van der Waals surface area contributed by atoms with Crippen LogP contribution in [0.5, 0.6) is 0 Å². The molecule has 0 saturated heterocycles. The molecule has 0 saturated carbocycles. The predicted molar refractivity (Wildman–Crippen MR) is 234 cm³/mol. The Morgan fingerprint density at radius 3 is 1.21 bits per heavy atom. The number of rotatable bonds is 9. The van der Waals surface area contributed by atoms with E-state index in [4.69, 9.17) is 34.8 Å². The quantitative estimate of drug-likeness (QED) is 0.120. The van der Waals surface area contributed by atoms with Gasteiger partial charge >= 0.3 is 66.9 Å². The van der Waals surface area contributed by atoms with Gasteiger partial charge in [0.2, 0.25) is 0 Å². The smallest absolute Gasteiger partial charge is 0.271 e. The van der Waals surface area contributed by atoms with Gasteiger partial charge in [-0.1, -0.05) is 30.6 Å². The van der Waals surface area contributed by atoms with Crippen LogP contribution in [0.15, 0.2) is 34.1 Å². The van der Waals surface area contributed by atoms with Gasteiger partial charge in [-0.2, -0.15) is 10.2 Å². The van der Waals surface area contributed by atoms with Crippen molar-refractivity contribution in [2.75, 3.05) is 12.5 Å². The van der Waals surface area contributed by atoms with Gasteiger partial charge < -0.3 is 5.11 Å². The molecule has 56 heavy (non-hydrogen) atoms. The van der Waals surface area contributed by atoms with Crippen LogP contribution in [0.1, 0.15) is 73.2 Å². The van der Waals surface area contributed by atoms with E-state index in [1.165, 1.54) is 24.3 Å². The monoisotopic (exact) mass is 1250 g/mol. The molecule has 1 N–H and O–H groups in total. The minimum atomic E-state index is -3.55. The Kier molecular flexibility index (Phi) is 23.1. The first-order valence-corrected chi connectivity index (χ1v) is 33.1. The Balaban J connectivity index is 0.000000876. The maximum atomic E-state index is 12.0. The second-order valence-corrected chi connectivity index (χ2v) is 33.4. The Morgan fingerprint density at radius 2 is 0.982 bits per heavy atom. The van der Waals surface area contributed by atoms with Crippen molar-refractivity contribution in [2.45, 2.75) is 71.8 Å². The van der Waals surface area contributed by atoms with Crippen LogP contribution >= 0.6 is 95.2 Å². The molecule has 0 radical (unpaired) electrons. The van der Waals surface area contributed by atoms with Gasteiger partial charge in [0.1, 0.15) is 0 Å². The zero-order chi connectivity index (χ0) is 42.9. The van der Waals surface area contributed by atoms with Crippen molar-refractivity contribution in [3.8, 4) is 0 Å². The van der Waals surface area contributed by atoms with Crippen LogP contribution in [-0.4, -0.2) is 75.7 Å². The summed E-state index contributed by atoms with van der Waals surface area (Å²) < 4.78 is 51.4. The zero-order valence-corrected chi connectivity index (χ0v) is 42.0. The number of aromatic nitrogens is 4. The Hall–Kier alpha value is -1.12. The summed E-state index contributed by atoms with van der Waals surface area (Å²) in [5, 5.41) is 14.9. The fourth-order valence-corrected chi connectivity index (χ4v) is 7.49. The molecule has 2 aromatic carbocycles. The van der Waals surface area contributed by atoms with Crippen LogP contribution in [-0.2, 0) is 42.4 Å². The average molecular weight is 1260 g/mol. The molecule has 2 aromatic heterocycles. The Labute approximate surface area is 381 Å². The normalized spacial score (nSPS) is 10.8. The molecule has 0 bridgehead atoms. The topological polar surface area (TPSA) is 192 Å². The molecule has 0 fully saturated rings. The third-order valence-corrected chi connectivity index (χ3v) is 11.8. The van der Waals surface area contributed by atoms with E-state index in [1.54, 1.807) is 9.36 Å². The number of nitrogens with zero attached hydrogens (tertiary/aromatic N) is 4. The molecule has 0 unspecified atom stereocenters. The number of carboxylic acid groups (broad SMARTS) is 1. The summed E-state index contributed by atoms with van der Waals surface area (Å²) in [5.74, 6) is -1.21. The van der Waals surface area contributed by atoms with Crippen LogP contribution < -0.4 is 13.3 Å². The second-order valence-electron chi connectivity index (χ2n) is 11.4. The van der Waals surface area contributed by atoms with Crippen LogP contribution in [0.4, 0.5) is 0 Å². The molecule has 0 aliphatic heterocycles. The Morgan fingerprint density at radius 1 is 0.679 bits per heavy atom. The molecule has 23 heteroatoms. The van der Waals surface area contributed by atoms with Gasteiger partial charge in [0.15, 0.2) is 19.7 Å². The van der Waals surface area contributed by atoms with Gasteiger partial charge in [-0.25, -0.2) is 21.6 Å². The Bertz CT molecular complexity index is 2190. The number of hydrogen-bond acceptors (Lipinski definition) is 10. The first kappa shape index (κ1) is 54.9. The van der Waals surface area contributed by atoms with Crippen molar-refractivity contribution < 1.29 is 54.4 Å². The number of hydrogen-bond donors (Lipinski definition) is 1. The van der Waals surface area contributed by atoms with E-state index < -0.39 is 41.4 Å². The molecular formula is C33H37Cl5I3N4O9S2-. The summed E-state index contributed by atoms with van der Waals surface area (Å²) in [4.78, 5) is 41.7. The maximum absolute atomic E-state index is 12.0. The second kappa shape index (κ2) is 23.6. The van der Waals surface area contributed by atoms with Gasteiger partial charge in [0.25, 0.3) is 5.24 Å². The van der Waals surface area contributed by atoms with Gasteiger partial charge in [0, 0.05) is 35.0 Å². The van der Waals surface area contributed by atoms with E-state index >= 15 is 0 Å². The molecule has 13 nitrogen and oxygen atoms in total. The van der Waals surface area contributed by atoms with E-state index in [0.29, 0.717) is 18.8 Å². The number of carbonyl (C=O) groups excluding carboxylic acids is 3. The largest absolute Gasteiger partial charge is 0.304 e. The minimum absolute atomic E-state index is 0. The summed E-state index contributed by atoms with van der Waals surface area (Å²) >= 11 is 32.2. The van der Waals surface area contributed by atoms with Crippen molar-refractivity contribution in [3.05, 3.63) is 90.5 Å². The van der Waals surface area contributed by atoms with Crippen molar-refractivity contribution in [1.82, 2.24) is 19.6 Å². The van der Waals surface area contributed by atoms with E-state index in [9.17, 15) is 41.1 Å². The molecule has 312 valence electrons. The van der Waals surface area contributed by atoms with Crippen molar-refractivity contribution >= 4 is 137 Å². The number of aromatic carboxylic acids is 1. The number of carboxylic acids is 1. The van der Waals surface area contributed by atoms with Gasteiger partial charge in [0.05, 0.1) is 55.4 Å². The summed E-state index contributed by atoms with van der Waals surface area (Å²) in [6.45, 7) is 11.6. The average Bonchev–Trinajstić information content (AvgIpc) is 3.44. The summed E-state index contributed by atoms with van der Waals surface area (Å²) in [7, 11) is -7.07. The van der Waals surface area contributed by atoms with E-state index in [2.05, 4.69) is 70.6 Å². The number of aryl methyl sites for hydroxylation is 2. The molecular weight excluding hydrogens is 1220 g/mol. The van der Waals surface area contributed by atoms with Crippen molar-refractivity contribution in [2.24, 2.45) is 0 Å². The van der Waals surface area contributed by atoms with E-state index in [0.717, 1.165) is 46.4 Å². The predicted octanol–water partition coefficient (Wildman–Crippen LogP) is 5.83. The zero-order valence-electron chi connectivity index (χ0n) is 30.1. The summed E-state index contributed by atoms with van der Waals surface area (Å²) in [6.07, 6.45) is 2.16.